The lowest BCUT2D eigenvalue weighted by Gasteiger charge is -2.20. The number of benzene rings is 1. The Balaban J connectivity index is 1.82. The standard InChI is InChI=1S/C19H28N2O3/c1-14(2)11-12-24-17-10-6-9-16(13-17)19(23)21-20-18(22)15-7-4-3-5-8-15/h6,9-10,13-15H,3-5,7-8,11-12H2,1-2H3,(H,20,22)(H,21,23). The van der Waals surface area contributed by atoms with E-state index in [0.717, 1.165) is 32.1 Å². The first kappa shape index (κ1) is 18.3. The lowest BCUT2D eigenvalue weighted by molar-refractivity contribution is -0.126. The first-order valence-corrected chi connectivity index (χ1v) is 8.89. The third-order valence-corrected chi connectivity index (χ3v) is 4.34. The van der Waals surface area contributed by atoms with Crippen molar-refractivity contribution in [2.24, 2.45) is 11.8 Å². The summed E-state index contributed by atoms with van der Waals surface area (Å²) in [6.45, 7) is 4.91. The molecule has 0 heterocycles. The zero-order valence-corrected chi connectivity index (χ0v) is 14.6. The summed E-state index contributed by atoms with van der Waals surface area (Å²) in [4.78, 5) is 24.2. The van der Waals surface area contributed by atoms with Crippen molar-refractivity contribution < 1.29 is 14.3 Å². The van der Waals surface area contributed by atoms with Gasteiger partial charge in [-0.15, -0.1) is 0 Å². The first-order valence-electron chi connectivity index (χ1n) is 8.89. The highest BCUT2D eigenvalue weighted by Gasteiger charge is 2.21. The maximum atomic E-state index is 12.2. The van der Waals surface area contributed by atoms with E-state index in [9.17, 15) is 9.59 Å². The Morgan fingerprint density at radius 1 is 1.17 bits per heavy atom. The van der Waals surface area contributed by atoms with Crippen LogP contribution in [0.4, 0.5) is 0 Å². The second kappa shape index (κ2) is 9.30. The average Bonchev–Trinajstić information content (AvgIpc) is 2.60. The molecule has 1 aromatic rings. The number of ether oxygens (including phenoxy) is 1. The topological polar surface area (TPSA) is 67.4 Å². The number of carbonyl (C=O) groups is 2. The third kappa shape index (κ3) is 5.87. The van der Waals surface area contributed by atoms with E-state index >= 15 is 0 Å². The lowest BCUT2D eigenvalue weighted by Crippen LogP contribution is -2.44. The SMILES string of the molecule is CC(C)CCOc1cccc(C(=O)NNC(=O)C2CCCCC2)c1. The summed E-state index contributed by atoms with van der Waals surface area (Å²) in [7, 11) is 0. The largest absolute Gasteiger partial charge is 0.494 e. The third-order valence-electron chi connectivity index (χ3n) is 4.34. The summed E-state index contributed by atoms with van der Waals surface area (Å²) in [6.07, 6.45) is 6.14. The molecule has 24 heavy (non-hydrogen) atoms. The second-order valence-electron chi connectivity index (χ2n) is 6.84. The Labute approximate surface area is 144 Å². The number of hydrazine groups is 1. The molecule has 2 amide bonds. The number of rotatable bonds is 6. The summed E-state index contributed by atoms with van der Waals surface area (Å²) in [6, 6.07) is 7.01. The van der Waals surface area contributed by atoms with E-state index in [2.05, 4.69) is 24.7 Å². The molecule has 0 aromatic heterocycles. The molecule has 0 unspecified atom stereocenters. The number of hydrogen-bond acceptors (Lipinski definition) is 3. The molecule has 0 radical (unpaired) electrons. The van der Waals surface area contributed by atoms with Crippen LogP contribution in [0.25, 0.3) is 0 Å². The molecule has 1 aliphatic carbocycles. The minimum atomic E-state index is -0.325. The summed E-state index contributed by atoms with van der Waals surface area (Å²) >= 11 is 0. The minimum absolute atomic E-state index is 0.0183. The van der Waals surface area contributed by atoms with Crippen molar-refractivity contribution in [1.29, 1.82) is 0 Å². The molecule has 0 spiro atoms. The van der Waals surface area contributed by atoms with Gasteiger partial charge in [0.2, 0.25) is 5.91 Å². The van der Waals surface area contributed by atoms with Crippen LogP contribution in [0.3, 0.4) is 0 Å². The molecule has 0 saturated heterocycles. The normalized spacial score (nSPS) is 15.1. The Morgan fingerprint density at radius 3 is 2.62 bits per heavy atom. The quantitative estimate of drug-likeness (QED) is 0.784. The molecule has 132 valence electrons. The molecule has 1 saturated carbocycles. The van der Waals surface area contributed by atoms with Crippen LogP contribution in [0.1, 0.15) is 62.7 Å². The van der Waals surface area contributed by atoms with Crippen LogP contribution >= 0.6 is 0 Å². The van der Waals surface area contributed by atoms with Gasteiger partial charge >= 0.3 is 0 Å². The molecule has 5 heteroatoms. The molecule has 1 aliphatic rings. The van der Waals surface area contributed by atoms with E-state index in [1.807, 2.05) is 6.07 Å². The van der Waals surface area contributed by atoms with Gasteiger partial charge in [0, 0.05) is 11.5 Å². The van der Waals surface area contributed by atoms with Crippen LogP contribution in [-0.2, 0) is 4.79 Å². The van der Waals surface area contributed by atoms with Gasteiger partial charge in [-0.2, -0.15) is 0 Å². The molecule has 2 N–H and O–H groups in total. The van der Waals surface area contributed by atoms with E-state index in [4.69, 9.17) is 4.74 Å². The van der Waals surface area contributed by atoms with Gasteiger partial charge in [-0.05, 0) is 43.4 Å². The molecule has 0 aliphatic heterocycles. The number of amides is 2. The maximum Gasteiger partial charge on any atom is 0.269 e. The van der Waals surface area contributed by atoms with Gasteiger partial charge in [-0.25, -0.2) is 0 Å². The zero-order chi connectivity index (χ0) is 17.4. The average molecular weight is 332 g/mol. The van der Waals surface area contributed by atoms with Crippen LogP contribution in [0, 0.1) is 11.8 Å². The summed E-state index contributed by atoms with van der Waals surface area (Å²) in [5.41, 5.74) is 5.53. The van der Waals surface area contributed by atoms with E-state index in [0.29, 0.717) is 23.8 Å². The lowest BCUT2D eigenvalue weighted by atomic mass is 9.89. The van der Waals surface area contributed by atoms with Gasteiger partial charge in [0.05, 0.1) is 6.61 Å². The predicted octanol–water partition coefficient (Wildman–Crippen LogP) is 3.45. The van der Waals surface area contributed by atoms with Crippen LogP contribution in [-0.4, -0.2) is 18.4 Å². The van der Waals surface area contributed by atoms with Gasteiger partial charge in [0.15, 0.2) is 0 Å². The van der Waals surface area contributed by atoms with Crippen molar-refractivity contribution in [2.45, 2.75) is 52.4 Å². The Bertz CT molecular complexity index is 551. The maximum absolute atomic E-state index is 12.2. The van der Waals surface area contributed by atoms with Crippen molar-refractivity contribution in [1.82, 2.24) is 10.9 Å². The Hall–Kier alpha value is -2.04. The van der Waals surface area contributed by atoms with Crippen LogP contribution < -0.4 is 15.6 Å². The minimum Gasteiger partial charge on any atom is -0.494 e. The van der Waals surface area contributed by atoms with Crippen molar-refractivity contribution in [3.05, 3.63) is 29.8 Å². The number of nitrogens with one attached hydrogen (secondary N) is 2. The van der Waals surface area contributed by atoms with Gasteiger partial charge in [-0.3, -0.25) is 20.4 Å². The van der Waals surface area contributed by atoms with Crippen LogP contribution in [0.2, 0.25) is 0 Å². The van der Waals surface area contributed by atoms with E-state index in [1.165, 1.54) is 6.42 Å². The van der Waals surface area contributed by atoms with Crippen molar-refractivity contribution in [3.63, 3.8) is 0 Å². The summed E-state index contributed by atoms with van der Waals surface area (Å²) in [5.74, 6) is 0.846. The van der Waals surface area contributed by atoms with Gasteiger partial charge < -0.3 is 4.74 Å². The van der Waals surface area contributed by atoms with Gasteiger partial charge in [-0.1, -0.05) is 39.2 Å². The monoisotopic (exact) mass is 332 g/mol. The molecule has 0 bridgehead atoms. The highest BCUT2D eigenvalue weighted by Crippen LogP contribution is 2.23. The smallest absolute Gasteiger partial charge is 0.269 e. The molecular formula is C19H28N2O3. The van der Waals surface area contributed by atoms with E-state index < -0.39 is 0 Å². The fourth-order valence-electron chi connectivity index (χ4n) is 2.80. The van der Waals surface area contributed by atoms with Gasteiger partial charge in [0.25, 0.3) is 5.91 Å². The fraction of sp³-hybridized carbons (Fsp3) is 0.579. The summed E-state index contributed by atoms with van der Waals surface area (Å²) < 4.78 is 5.66. The van der Waals surface area contributed by atoms with Crippen molar-refractivity contribution in [2.75, 3.05) is 6.61 Å². The molecule has 5 nitrogen and oxygen atoms in total. The first-order chi connectivity index (χ1) is 11.6. The Kier molecular flexibility index (Phi) is 7.09. The highest BCUT2D eigenvalue weighted by molar-refractivity contribution is 5.95. The highest BCUT2D eigenvalue weighted by atomic mass is 16.5. The fourth-order valence-corrected chi connectivity index (χ4v) is 2.80. The molecule has 2 rings (SSSR count). The molecular weight excluding hydrogens is 304 g/mol. The molecule has 0 atom stereocenters. The second-order valence-corrected chi connectivity index (χ2v) is 6.84. The van der Waals surface area contributed by atoms with E-state index in [1.54, 1.807) is 18.2 Å². The van der Waals surface area contributed by atoms with Crippen LogP contribution in [0.5, 0.6) is 5.75 Å². The number of hydrogen-bond donors (Lipinski definition) is 2. The molecule has 1 fully saturated rings. The predicted molar refractivity (Wildman–Crippen MR) is 93.6 cm³/mol. The van der Waals surface area contributed by atoms with Crippen molar-refractivity contribution in [3.8, 4) is 5.75 Å². The number of carbonyl (C=O) groups excluding carboxylic acids is 2. The van der Waals surface area contributed by atoms with Crippen molar-refractivity contribution >= 4 is 11.8 Å². The zero-order valence-electron chi connectivity index (χ0n) is 14.6. The van der Waals surface area contributed by atoms with Crippen LogP contribution in [0.15, 0.2) is 24.3 Å². The Morgan fingerprint density at radius 2 is 1.92 bits per heavy atom. The van der Waals surface area contributed by atoms with E-state index in [-0.39, 0.29) is 17.7 Å². The summed E-state index contributed by atoms with van der Waals surface area (Å²) in [5, 5.41) is 0. The van der Waals surface area contributed by atoms with Gasteiger partial charge in [0.1, 0.15) is 5.75 Å². The molecule has 1 aromatic carbocycles.